The Balaban J connectivity index is 0.00000288. The fourth-order valence-corrected chi connectivity index (χ4v) is 5.08. The molecule has 0 amide bonds. The first-order chi connectivity index (χ1) is 10.8. The molecule has 0 unspecified atom stereocenters. The summed E-state index contributed by atoms with van der Waals surface area (Å²) >= 11 is 11.7. The van der Waals surface area contributed by atoms with Crippen molar-refractivity contribution in [1.29, 1.82) is 0 Å². The van der Waals surface area contributed by atoms with Gasteiger partial charge in [-0.05, 0) is 38.1 Å². The average molecular weight is 422 g/mol. The Labute approximate surface area is 157 Å². The summed E-state index contributed by atoms with van der Waals surface area (Å²) in [5, 5.41) is 2.75. The highest BCUT2D eigenvalue weighted by atomic mass is 35.5. The Hall–Kier alpha value is -0.150. The molecule has 138 valence electrons. The van der Waals surface area contributed by atoms with Crippen LogP contribution >= 0.6 is 35.6 Å². The van der Waals surface area contributed by atoms with Gasteiger partial charge < -0.3 is 10.1 Å². The minimum Gasteiger partial charge on any atom is -0.384 e. The molecule has 5 nitrogen and oxygen atoms in total. The summed E-state index contributed by atoms with van der Waals surface area (Å²) < 4.78 is 46.1. The number of ether oxygens (including phenoxy) is 1. The van der Waals surface area contributed by atoms with Crippen LogP contribution in [0, 0.1) is 11.2 Å². The number of hydrogen-bond acceptors (Lipinski definition) is 4. The molecule has 24 heavy (non-hydrogen) atoms. The van der Waals surface area contributed by atoms with Crippen LogP contribution in [0.4, 0.5) is 4.39 Å². The first-order valence-corrected chi connectivity index (χ1v) is 9.37. The molecule has 1 saturated heterocycles. The molecule has 0 saturated carbocycles. The number of methoxy groups -OCH3 is 1. The van der Waals surface area contributed by atoms with E-state index >= 15 is 0 Å². The molecule has 1 heterocycles. The van der Waals surface area contributed by atoms with Crippen LogP contribution in [-0.2, 0) is 14.8 Å². The number of benzene rings is 1. The summed E-state index contributed by atoms with van der Waals surface area (Å²) in [6.07, 6.45) is 1.57. The zero-order valence-corrected chi connectivity index (χ0v) is 16.2. The topological polar surface area (TPSA) is 67.4 Å². The van der Waals surface area contributed by atoms with Crippen molar-refractivity contribution in [3.63, 3.8) is 0 Å². The molecule has 0 radical (unpaired) electrons. The third-order valence-corrected chi connectivity index (χ3v) is 6.31. The van der Waals surface area contributed by atoms with Gasteiger partial charge in [-0.15, -0.1) is 12.4 Å². The predicted octanol–water partition coefficient (Wildman–Crippen LogP) is 2.85. The van der Waals surface area contributed by atoms with Crippen molar-refractivity contribution in [2.24, 2.45) is 5.41 Å². The van der Waals surface area contributed by atoms with Gasteiger partial charge in [-0.3, -0.25) is 0 Å². The van der Waals surface area contributed by atoms with Gasteiger partial charge in [-0.2, -0.15) is 0 Å². The smallest absolute Gasteiger partial charge is 0.243 e. The van der Waals surface area contributed by atoms with Crippen molar-refractivity contribution < 1.29 is 17.5 Å². The van der Waals surface area contributed by atoms with Crippen LogP contribution in [0.25, 0.3) is 0 Å². The molecule has 0 aromatic heterocycles. The molecular weight excluding hydrogens is 402 g/mol. The second-order valence-electron chi connectivity index (χ2n) is 5.71. The summed E-state index contributed by atoms with van der Waals surface area (Å²) in [6.45, 7) is 2.24. The monoisotopic (exact) mass is 420 g/mol. The first-order valence-electron chi connectivity index (χ1n) is 7.14. The molecule has 1 aliphatic heterocycles. The highest BCUT2D eigenvalue weighted by Gasteiger charge is 2.34. The minimum atomic E-state index is -3.95. The quantitative estimate of drug-likeness (QED) is 0.741. The molecule has 0 aliphatic carbocycles. The maximum Gasteiger partial charge on any atom is 0.243 e. The van der Waals surface area contributed by atoms with Crippen LogP contribution < -0.4 is 10.0 Å². The summed E-state index contributed by atoms with van der Waals surface area (Å²) in [4.78, 5) is -0.302. The van der Waals surface area contributed by atoms with Crippen molar-refractivity contribution >= 4 is 45.6 Å². The van der Waals surface area contributed by atoms with E-state index in [-0.39, 0.29) is 39.3 Å². The van der Waals surface area contributed by atoms with E-state index < -0.39 is 15.8 Å². The van der Waals surface area contributed by atoms with E-state index in [0.29, 0.717) is 6.61 Å². The number of sulfonamides is 1. The van der Waals surface area contributed by atoms with E-state index in [0.717, 1.165) is 38.1 Å². The molecule has 2 N–H and O–H groups in total. The Morgan fingerprint density at radius 3 is 2.33 bits per heavy atom. The highest BCUT2D eigenvalue weighted by Crippen LogP contribution is 2.32. The lowest BCUT2D eigenvalue weighted by molar-refractivity contribution is 0.0577. The van der Waals surface area contributed by atoms with Crippen LogP contribution in [0.3, 0.4) is 0 Å². The van der Waals surface area contributed by atoms with Crippen LogP contribution in [0.5, 0.6) is 0 Å². The van der Waals surface area contributed by atoms with E-state index in [1.54, 1.807) is 7.11 Å². The molecule has 1 aromatic rings. The predicted molar refractivity (Wildman–Crippen MR) is 95.3 cm³/mol. The Bertz CT molecular complexity index is 639. The number of nitrogens with one attached hydrogen (secondary N) is 2. The van der Waals surface area contributed by atoms with Crippen molar-refractivity contribution in [2.75, 3.05) is 33.4 Å². The van der Waals surface area contributed by atoms with Crippen molar-refractivity contribution in [2.45, 2.75) is 17.7 Å². The molecule has 10 heteroatoms. The van der Waals surface area contributed by atoms with Gasteiger partial charge in [0, 0.05) is 19.1 Å². The number of hydrogen-bond donors (Lipinski definition) is 2. The summed E-state index contributed by atoms with van der Waals surface area (Å²) in [7, 11) is -2.36. The maximum atomic E-state index is 13.2. The fourth-order valence-electron chi connectivity index (χ4n) is 2.74. The lowest BCUT2D eigenvalue weighted by Gasteiger charge is -2.37. The van der Waals surface area contributed by atoms with Crippen molar-refractivity contribution in [3.05, 3.63) is 28.0 Å². The van der Waals surface area contributed by atoms with E-state index in [4.69, 9.17) is 27.9 Å². The Kier molecular flexibility index (Phi) is 8.19. The van der Waals surface area contributed by atoms with E-state index in [1.165, 1.54) is 0 Å². The zero-order chi connectivity index (χ0) is 17.1. The van der Waals surface area contributed by atoms with E-state index in [9.17, 15) is 12.8 Å². The van der Waals surface area contributed by atoms with Gasteiger partial charge in [-0.25, -0.2) is 17.5 Å². The number of halogens is 4. The molecule has 0 atom stereocenters. The maximum absolute atomic E-state index is 13.2. The summed E-state index contributed by atoms with van der Waals surface area (Å²) in [5.74, 6) is -0.687. The minimum absolute atomic E-state index is 0. The van der Waals surface area contributed by atoms with Crippen LogP contribution in [0.15, 0.2) is 17.0 Å². The third-order valence-electron chi connectivity index (χ3n) is 3.98. The van der Waals surface area contributed by atoms with Gasteiger partial charge in [0.1, 0.15) is 10.7 Å². The van der Waals surface area contributed by atoms with E-state index in [1.807, 2.05) is 0 Å². The van der Waals surface area contributed by atoms with Gasteiger partial charge in [0.05, 0.1) is 16.7 Å². The average Bonchev–Trinajstić information content (AvgIpc) is 2.45. The van der Waals surface area contributed by atoms with Gasteiger partial charge in [0.15, 0.2) is 0 Å². The molecule has 2 rings (SSSR count). The Morgan fingerprint density at radius 2 is 1.83 bits per heavy atom. The summed E-state index contributed by atoms with van der Waals surface area (Å²) in [5.41, 5.74) is -0.286. The van der Waals surface area contributed by atoms with Crippen molar-refractivity contribution in [1.82, 2.24) is 10.0 Å². The molecule has 0 spiro atoms. The van der Waals surface area contributed by atoms with Gasteiger partial charge in [0.25, 0.3) is 0 Å². The molecule has 1 aliphatic rings. The second kappa shape index (κ2) is 8.98. The van der Waals surface area contributed by atoms with E-state index in [2.05, 4.69) is 10.0 Å². The highest BCUT2D eigenvalue weighted by molar-refractivity contribution is 7.89. The second-order valence-corrected chi connectivity index (χ2v) is 8.22. The fraction of sp³-hybridized carbons (Fsp3) is 0.571. The van der Waals surface area contributed by atoms with Crippen LogP contribution in [0.2, 0.25) is 10.0 Å². The van der Waals surface area contributed by atoms with Crippen LogP contribution in [-0.4, -0.2) is 41.8 Å². The standard InChI is InChI=1S/C14H19Cl2FN2O3S.ClH/c1-22-9-14(2-4-18-5-3-14)8-19-23(20,21)13-11(15)6-10(17)7-12(13)16;/h6-7,18-19H,2-5,8-9H2,1H3;1H. The number of piperidine rings is 1. The summed E-state index contributed by atoms with van der Waals surface area (Å²) in [6, 6.07) is 1.86. The first kappa shape index (κ1) is 21.9. The zero-order valence-electron chi connectivity index (χ0n) is 13.1. The third kappa shape index (κ3) is 5.17. The Morgan fingerprint density at radius 1 is 1.29 bits per heavy atom. The van der Waals surface area contributed by atoms with Crippen LogP contribution in [0.1, 0.15) is 12.8 Å². The molecule has 1 fully saturated rings. The van der Waals surface area contributed by atoms with Crippen molar-refractivity contribution in [3.8, 4) is 0 Å². The molecule has 0 bridgehead atoms. The lowest BCUT2D eigenvalue weighted by atomic mass is 9.80. The SMILES string of the molecule is COCC1(CNS(=O)(=O)c2c(Cl)cc(F)cc2Cl)CCNCC1.Cl. The van der Waals surface area contributed by atoms with Gasteiger partial charge in [0.2, 0.25) is 10.0 Å². The normalized spacial score (nSPS) is 17.3. The molecular formula is C14H20Cl3FN2O3S. The van der Waals surface area contributed by atoms with Gasteiger partial charge >= 0.3 is 0 Å². The van der Waals surface area contributed by atoms with Gasteiger partial charge in [-0.1, -0.05) is 23.2 Å². The number of rotatable bonds is 6. The largest absolute Gasteiger partial charge is 0.384 e. The molecule has 1 aromatic carbocycles. The lowest BCUT2D eigenvalue weighted by Crippen LogP contribution is -2.47.